The number of methoxy groups -OCH3 is 1. The van der Waals surface area contributed by atoms with Gasteiger partial charge in [0.25, 0.3) is 10.0 Å². The number of halogens is 1. The molecule has 0 bridgehead atoms. The minimum Gasteiger partial charge on any atom is -0.495 e. The number of nitrogens with one attached hydrogen (secondary N) is 1. The Morgan fingerprint density at radius 3 is 2.63 bits per heavy atom. The minimum atomic E-state index is -3.94. The monoisotopic (exact) mass is 442 g/mol. The predicted molar refractivity (Wildman–Crippen MR) is 117 cm³/mol. The first-order valence-corrected chi connectivity index (χ1v) is 10.9. The lowest BCUT2D eigenvalue weighted by Crippen LogP contribution is -2.14. The zero-order valence-electron chi connectivity index (χ0n) is 16.5. The number of ether oxygens (including phenoxy) is 1. The maximum Gasteiger partial charge on any atom is 0.265 e. The molecular weight excluding hydrogens is 424 g/mol. The van der Waals surface area contributed by atoms with Gasteiger partial charge in [0.2, 0.25) is 0 Å². The zero-order chi connectivity index (χ0) is 21.5. The molecule has 0 fully saturated rings. The largest absolute Gasteiger partial charge is 0.495 e. The van der Waals surface area contributed by atoms with Gasteiger partial charge in [0, 0.05) is 22.0 Å². The van der Waals surface area contributed by atoms with Crippen molar-refractivity contribution in [2.24, 2.45) is 0 Å². The predicted octanol–water partition coefficient (Wildman–Crippen LogP) is 4.48. The lowest BCUT2D eigenvalue weighted by molar-refractivity contribution is 0.403. The highest BCUT2D eigenvalue weighted by atomic mass is 35.5. The first kappa shape index (κ1) is 20.2. The normalized spacial score (nSPS) is 11.6. The fourth-order valence-electron chi connectivity index (χ4n) is 3.29. The number of rotatable bonds is 5. The van der Waals surface area contributed by atoms with E-state index in [9.17, 15) is 8.42 Å². The Morgan fingerprint density at radius 2 is 1.90 bits per heavy atom. The molecule has 0 atom stereocenters. The van der Waals surface area contributed by atoms with Crippen LogP contribution in [-0.4, -0.2) is 30.1 Å². The van der Waals surface area contributed by atoms with Crippen molar-refractivity contribution in [1.82, 2.24) is 14.6 Å². The van der Waals surface area contributed by atoms with Gasteiger partial charge in [-0.2, -0.15) is 5.10 Å². The maximum atomic E-state index is 13.1. The van der Waals surface area contributed by atoms with E-state index in [0.717, 1.165) is 17.0 Å². The van der Waals surface area contributed by atoms with Crippen molar-refractivity contribution in [3.63, 3.8) is 0 Å². The Kier molecular flexibility index (Phi) is 5.13. The summed E-state index contributed by atoms with van der Waals surface area (Å²) in [5.41, 5.74) is 4.19. The number of sulfonamides is 1. The smallest absolute Gasteiger partial charge is 0.265 e. The Labute approximate surface area is 179 Å². The Balaban J connectivity index is 1.83. The summed E-state index contributed by atoms with van der Waals surface area (Å²) < 4.78 is 35.8. The van der Waals surface area contributed by atoms with E-state index in [4.69, 9.17) is 16.3 Å². The number of fused-ring (bicyclic) bond motifs is 1. The summed E-state index contributed by atoms with van der Waals surface area (Å²) in [6.45, 7) is 3.85. The van der Waals surface area contributed by atoms with Crippen LogP contribution in [0.25, 0.3) is 16.8 Å². The topological polar surface area (TPSA) is 85.6 Å². The molecule has 0 unspecified atom stereocenters. The molecule has 2 heterocycles. The zero-order valence-corrected chi connectivity index (χ0v) is 18.1. The summed E-state index contributed by atoms with van der Waals surface area (Å²) in [5, 5.41) is 4.82. The average molecular weight is 443 g/mol. The van der Waals surface area contributed by atoms with Crippen molar-refractivity contribution in [3.8, 4) is 16.9 Å². The quantitative estimate of drug-likeness (QED) is 0.492. The van der Waals surface area contributed by atoms with Crippen molar-refractivity contribution in [2.75, 3.05) is 11.8 Å². The molecule has 4 aromatic rings. The van der Waals surface area contributed by atoms with Crippen molar-refractivity contribution in [1.29, 1.82) is 0 Å². The molecule has 0 aliphatic carbocycles. The number of hydrogen-bond acceptors (Lipinski definition) is 5. The Morgan fingerprint density at radius 1 is 1.10 bits per heavy atom. The minimum absolute atomic E-state index is 0.00574. The summed E-state index contributed by atoms with van der Waals surface area (Å²) in [5.74, 6) is 0.227. The van der Waals surface area contributed by atoms with E-state index >= 15 is 0 Å². The van der Waals surface area contributed by atoms with Gasteiger partial charge in [-0.1, -0.05) is 23.7 Å². The summed E-state index contributed by atoms with van der Waals surface area (Å²) in [4.78, 5) is 4.58. The van der Waals surface area contributed by atoms with E-state index in [1.807, 2.05) is 19.9 Å². The second-order valence-corrected chi connectivity index (χ2v) is 8.90. The lowest BCUT2D eigenvalue weighted by Gasteiger charge is -2.13. The van der Waals surface area contributed by atoms with Crippen LogP contribution in [0.15, 0.2) is 59.6 Å². The molecule has 9 heteroatoms. The molecule has 0 aliphatic rings. The standard InChI is InChI=1S/C21H19ClN4O3S/c1-13-9-14(2)26-21(24-13)18(12-23-26)15-7-8-19(29-3)20(10-15)30(27,28)25-17-6-4-5-16(22)11-17/h4-12,25H,1-3H3. The van der Waals surface area contributed by atoms with Gasteiger partial charge in [-0.3, -0.25) is 4.72 Å². The van der Waals surface area contributed by atoms with Crippen molar-refractivity contribution in [3.05, 3.63) is 71.1 Å². The third-order valence-corrected chi connectivity index (χ3v) is 6.26. The summed E-state index contributed by atoms with van der Waals surface area (Å²) >= 11 is 5.98. The second kappa shape index (κ2) is 7.62. The maximum absolute atomic E-state index is 13.1. The summed E-state index contributed by atoms with van der Waals surface area (Å²) in [6, 6.07) is 13.4. The number of anilines is 1. The van der Waals surface area contributed by atoms with Gasteiger partial charge in [-0.25, -0.2) is 17.9 Å². The van der Waals surface area contributed by atoms with E-state index < -0.39 is 10.0 Å². The van der Waals surface area contributed by atoms with Gasteiger partial charge in [0.05, 0.1) is 19.0 Å². The molecule has 1 N–H and O–H groups in total. The van der Waals surface area contributed by atoms with Crippen LogP contribution in [-0.2, 0) is 10.0 Å². The van der Waals surface area contributed by atoms with Gasteiger partial charge >= 0.3 is 0 Å². The van der Waals surface area contributed by atoms with Crippen molar-refractivity contribution >= 4 is 33.0 Å². The Bertz CT molecular complexity index is 1370. The molecule has 2 aromatic heterocycles. The highest BCUT2D eigenvalue weighted by Crippen LogP contribution is 2.33. The molecule has 0 saturated heterocycles. The number of aryl methyl sites for hydroxylation is 2. The highest BCUT2D eigenvalue weighted by Gasteiger charge is 2.22. The molecule has 154 valence electrons. The van der Waals surface area contributed by atoms with Gasteiger partial charge in [0.15, 0.2) is 5.65 Å². The van der Waals surface area contributed by atoms with Gasteiger partial charge in [-0.15, -0.1) is 0 Å². The van der Waals surface area contributed by atoms with Crippen LogP contribution < -0.4 is 9.46 Å². The SMILES string of the molecule is COc1ccc(-c2cnn3c(C)cc(C)nc23)cc1S(=O)(=O)Nc1cccc(Cl)c1. The molecule has 2 aromatic carbocycles. The number of hydrogen-bond donors (Lipinski definition) is 1. The molecular formula is C21H19ClN4O3S. The summed E-state index contributed by atoms with van der Waals surface area (Å²) in [7, 11) is -2.51. The van der Waals surface area contributed by atoms with E-state index in [1.165, 1.54) is 13.2 Å². The fraction of sp³-hybridized carbons (Fsp3) is 0.143. The van der Waals surface area contributed by atoms with Crippen molar-refractivity contribution < 1.29 is 13.2 Å². The molecule has 0 saturated carbocycles. The molecule has 0 radical (unpaired) electrons. The van der Waals surface area contributed by atoms with Gasteiger partial charge in [-0.05, 0) is 55.8 Å². The van der Waals surface area contributed by atoms with Gasteiger partial charge in [0.1, 0.15) is 10.6 Å². The van der Waals surface area contributed by atoms with E-state index in [2.05, 4.69) is 14.8 Å². The number of aromatic nitrogens is 3. The van der Waals surface area contributed by atoms with E-state index in [-0.39, 0.29) is 10.6 Å². The average Bonchev–Trinajstić information content (AvgIpc) is 3.11. The molecule has 0 spiro atoms. The second-order valence-electron chi connectivity index (χ2n) is 6.81. The Hall–Kier alpha value is -3.10. The van der Waals surface area contributed by atoms with Crippen LogP contribution in [0.2, 0.25) is 5.02 Å². The summed E-state index contributed by atoms with van der Waals surface area (Å²) in [6.07, 6.45) is 1.68. The molecule has 30 heavy (non-hydrogen) atoms. The van der Waals surface area contributed by atoms with Crippen LogP contribution in [0.5, 0.6) is 5.75 Å². The number of benzene rings is 2. The lowest BCUT2D eigenvalue weighted by atomic mass is 10.1. The van der Waals surface area contributed by atoms with E-state index in [0.29, 0.717) is 21.9 Å². The molecule has 0 amide bonds. The first-order valence-electron chi connectivity index (χ1n) is 9.07. The number of nitrogens with zero attached hydrogens (tertiary/aromatic N) is 3. The highest BCUT2D eigenvalue weighted by molar-refractivity contribution is 7.92. The fourth-order valence-corrected chi connectivity index (χ4v) is 4.73. The van der Waals surface area contributed by atoms with E-state index in [1.54, 1.807) is 47.1 Å². The molecule has 7 nitrogen and oxygen atoms in total. The third-order valence-electron chi connectivity index (χ3n) is 4.62. The van der Waals surface area contributed by atoms with Crippen LogP contribution in [0.3, 0.4) is 0 Å². The molecule has 0 aliphatic heterocycles. The van der Waals surface area contributed by atoms with Crippen LogP contribution in [0.4, 0.5) is 5.69 Å². The third kappa shape index (κ3) is 3.71. The van der Waals surface area contributed by atoms with Crippen LogP contribution in [0.1, 0.15) is 11.4 Å². The molecule has 4 rings (SSSR count). The first-order chi connectivity index (χ1) is 14.3. The van der Waals surface area contributed by atoms with Crippen LogP contribution in [0, 0.1) is 13.8 Å². The van der Waals surface area contributed by atoms with Crippen LogP contribution >= 0.6 is 11.6 Å². The van der Waals surface area contributed by atoms with Gasteiger partial charge < -0.3 is 4.74 Å². The van der Waals surface area contributed by atoms with Crippen molar-refractivity contribution in [2.45, 2.75) is 18.7 Å².